The molecule has 0 aromatic heterocycles. The van der Waals surface area contributed by atoms with Crippen molar-refractivity contribution in [1.29, 1.82) is 0 Å². The molecule has 0 bridgehead atoms. The molecule has 2 aliphatic rings. The Morgan fingerprint density at radius 2 is 1.84 bits per heavy atom. The molecule has 172 valence electrons. The Labute approximate surface area is 192 Å². The standard InChI is InChI=1S/C27H36N2O3/c1-20(2)17-29(27(30)26-16-22-8-4-7-11-25(22)32-26)18-21-12-14-28(15-13-21)19-23-9-5-6-10-24(23)31-3/h4-11,20-21,26H,12-19H2,1-3H3/t26-/m1/s1. The highest BCUT2D eigenvalue weighted by Crippen LogP contribution is 2.30. The molecule has 1 saturated heterocycles. The van der Waals surface area contributed by atoms with Crippen LogP contribution in [-0.4, -0.2) is 55.1 Å². The maximum atomic E-state index is 13.4. The molecule has 5 nitrogen and oxygen atoms in total. The second kappa shape index (κ2) is 10.4. The molecule has 2 aliphatic heterocycles. The van der Waals surface area contributed by atoms with Crippen LogP contribution in [0.5, 0.6) is 11.5 Å². The minimum atomic E-state index is -0.378. The first-order chi connectivity index (χ1) is 15.5. The number of para-hydroxylation sites is 2. The lowest BCUT2D eigenvalue weighted by Gasteiger charge is -2.36. The number of fused-ring (bicyclic) bond motifs is 1. The number of ether oxygens (including phenoxy) is 2. The van der Waals surface area contributed by atoms with E-state index >= 15 is 0 Å². The van der Waals surface area contributed by atoms with Crippen molar-refractivity contribution in [1.82, 2.24) is 9.80 Å². The highest BCUT2D eigenvalue weighted by molar-refractivity contribution is 5.82. The van der Waals surface area contributed by atoms with Crippen molar-refractivity contribution in [3.8, 4) is 11.5 Å². The summed E-state index contributed by atoms with van der Waals surface area (Å²) < 4.78 is 11.5. The van der Waals surface area contributed by atoms with E-state index in [1.807, 2.05) is 30.3 Å². The molecule has 0 unspecified atom stereocenters. The molecule has 32 heavy (non-hydrogen) atoms. The third kappa shape index (κ3) is 5.44. The van der Waals surface area contributed by atoms with Crippen molar-refractivity contribution in [3.63, 3.8) is 0 Å². The van der Waals surface area contributed by atoms with Gasteiger partial charge in [0.1, 0.15) is 11.5 Å². The van der Waals surface area contributed by atoms with Crippen LogP contribution in [0.3, 0.4) is 0 Å². The Balaban J connectivity index is 1.32. The number of carbonyl (C=O) groups excluding carboxylic acids is 1. The first-order valence-corrected chi connectivity index (χ1v) is 11.9. The minimum absolute atomic E-state index is 0.145. The zero-order valence-electron chi connectivity index (χ0n) is 19.6. The summed E-state index contributed by atoms with van der Waals surface area (Å²) in [6, 6.07) is 16.3. The maximum absolute atomic E-state index is 13.4. The Morgan fingerprint density at radius 1 is 1.12 bits per heavy atom. The monoisotopic (exact) mass is 436 g/mol. The number of benzene rings is 2. The highest BCUT2D eigenvalue weighted by atomic mass is 16.5. The number of methoxy groups -OCH3 is 1. The number of likely N-dealkylation sites (tertiary alicyclic amines) is 1. The fraction of sp³-hybridized carbons (Fsp3) is 0.519. The van der Waals surface area contributed by atoms with Crippen LogP contribution >= 0.6 is 0 Å². The van der Waals surface area contributed by atoms with Crippen LogP contribution in [0.2, 0.25) is 0 Å². The van der Waals surface area contributed by atoms with Crippen molar-refractivity contribution in [2.45, 2.75) is 45.8 Å². The Bertz CT molecular complexity index is 880. The quantitative estimate of drug-likeness (QED) is 0.615. The van der Waals surface area contributed by atoms with Crippen molar-refractivity contribution >= 4 is 5.91 Å². The first-order valence-electron chi connectivity index (χ1n) is 11.9. The smallest absolute Gasteiger partial charge is 0.264 e. The molecule has 1 atom stereocenters. The van der Waals surface area contributed by atoms with Crippen molar-refractivity contribution < 1.29 is 14.3 Å². The van der Waals surface area contributed by atoms with Gasteiger partial charge >= 0.3 is 0 Å². The molecule has 0 aliphatic carbocycles. The molecule has 2 aromatic carbocycles. The largest absolute Gasteiger partial charge is 0.496 e. The van der Waals surface area contributed by atoms with Gasteiger partial charge in [0.2, 0.25) is 0 Å². The normalized spacial score (nSPS) is 18.9. The Morgan fingerprint density at radius 3 is 2.56 bits per heavy atom. The van der Waals surface area contributed by atoms with Crippen LogP contribution in [0.15, 0.2) is 48.5 Å². The van der Waals surface area contributed by atoms with Gasteiger partial charge in [0, 0.05) is 31.6 Å². The third-order valence-corrected chi connectivity index (χ3v) is 6.59. The van der Waals surface area contributed by atoms with Crippen molar-refractivity contribution in [2.75, 3.05) is 33.3 Å². The highest BCUT2D eigenvalue weighted by Gasteiger charge is 2.34. The average Bonchev–Trinajstić information content (AvgIpc) is 3.24. The molecule has 4 rings (SSSR count). The lowest BCUT2D eigenvalue weighted by atomic mass is 9.95. The second-order valence-electron chi connectivity index (χ2n) is 9.59. The molecule has 0 saturated carbocycles. The van der Waals surface area contributed by atoms with Gasteiger partial charge in [-0.3, -0.25) is 9.69 Å². The van der Waals surface area contributed by atoms with E-state index in [1.165, 1.54) is 5.56 Å². The number of carbonyl (C=O) groups is 1. The summed E-state index contributed by atoms with van der Waals surface area (Å²) in [6.07, 6.45) is 2.53. The molecular formula is C27H36N2O3. The third-order valence-electron chi connectivity index (χ3n) is 6.59. The topological polar surface area (TPSA) is 42.0 Å². The number of rotatable bonds is 8. The zero-order chi connectivity index (χ0) is 22.5. The summed E-state index contributed by atoms with van der Waals surface area (Å²) in [6.45, 7) is 9.00. The summed E-state index contributed by atoms with van der Waals surface area (Å²) in [5, 5.41) is 0. The summed E-state index contributed by atoms with van der Waals surface area (Å²) in [5.74, 6) is 2.94. The Kier molecular flexibility index (Phi) is 7.36. The van der Waals surface area contributed by atoms with Gasteiger partial charge in [0.15, 0.2) is 6.10 Å². The molecule has 1 amide bonds. The van der Waals surface area contributed by atoms with Gasteiger partial charge in [-0.25, -0.2) is 0 Å². The SMILES string of the molecule is COc1ccccc1CN1CCC(CN(CC(C)C)C(=O)[C@H]2Cc3ccccc3O2)CC1. The molecular weight excluding hydrogens is 400 g/mol. The molecule has 1 fully saturated rings. The van der Waals surface area contributed by atoms with E-state index < -0.39 is 0 Å². The fourth-order valence-electron chi connectivity index (χ4n) is 4.93. The summed E-state index contributed by atoms with van der Waals surface area (Å²) >= 11 is 0. The van der Waals surface area contributed by atoms with Gasteiger partial charge in [-0.2, -0.15) is 0 Å². The predicted molar refractivity (Wildman–Crippen MR) is 127 cm³/mol. The molecule has 2 aromatic rings. The van der Waals surface area contributed by atoms with E-state index in [0.29, 0.717) is 18.3 Å². The van der Waals surface area contributed by atoms with E-state index in [4.69, 9.17) is 9.47 Å². The number of hydrogen-bond donors (Lipinski definition) is 0. The van der Waals surface area contributed by atoms with Crippen LogP contribution in [0, 0.1) is 11.8 Å². The lowest BCUT2D eigenvalue weighted by molar-refractivity contribution is -0.139. The molecule has 5 heteroatoms. The van der Waals surface area contributed by atoms with Crippen LogP contribution in [0.4, 0.5) is 0 Å². The van der Waals surface area contributed by atoms with E-state index in [9.17, 15) is 4.79 Å². The van der Waals surface area contributed by atoms with Crippen LogP contribution in [0.25, 0.3) is 0 Å². The minimum Gasteiger partial charge on any atom is -0.496 e. The number of piperidine rings is 1. The summed E-state index contributed by atoms with van der Waals surface area (Å²) in [5.41, 5.74) is 2.38. The molecule has 0 radical (unpaired) electrons. The number of amides is 1. The van der Waals surface area contributed by atoms with Gasteiger partial charge in [0.05, 0.1) is 7.11 Å². The van der Waals surface area contributed by atoms with E-state index in [-0.39, 0.29) is 12.0 Å². The van der Waals surface area contributed by atoms with E-state index in [2.05, 4.69) is 41.8 Å². The lowest BCUT2D eigenvalue weighted by Crippen LogP contribution is -2.47. The van der Waals surface area contributed by atoms with Gasteiger partial charge in [-0.1, -0.05) is 50.2 Å². The Hall–Kier alpha value is -2.53. The first kappa shape index (κ1) is 22.7. The molecule has 0 N–H and O–H groups in total. The predicted octanol–water partition coefficient (Wildman–Crippen LogP) is 4.40. The van der Waals surface area contributed by atoms with Crippen LogP contribution < -0.4 is 9.47 Å². The zero-order valence-corrected chi connectivity index (χ0v) is 19.6. The van der Waals surface area contributed by atoms with Crippen molar-refractivity contribution in [3.05, 3.63) is 59.7 Å². The fourth-order valence-corrected chi connectivity index (χ4v) is 4.93. The van der Waals surface area contributed by atoms with Gasteiger partial charge < -0.3 is 14.4 Å². The van der Waals surface area contributed by atoms with E-state index in [0.717, 1.165) is 62.6 Å². The maximum Gasteiger partial charge on any atom is 0.264 e. The number of hydrogen-bond acceptors (Lipinski definition) is 4. The second-order valence-corrected chi connectivity index (χ2v) is 9.59. The van der Waals surface area contributed by atoms with Crippen LogP contribution in [-0.2, 0) is 17.8 Å². The number of nitrogens with zero attached hydrogens (tertiary/aromatic N) is 2. The van der Waals surface area contributed by atoms with Gasteiger partial charge in [0.25, 0.3) is 5.91 Å². The van der Waals surface area contributed by atoms with Gasteiger partial charge in [-0.15, -0.1) is 0 Å². The summed E-state index contributed by atoms with van der Waals surface area (Å²) in [4.78, 5) is 17.9. The van der Waals surface area contributed by atoms with E-state index in [1.54, 1.807) is 7.11 Å². The average molecular weight is 437 g/mol. The molecule has 0 spiro atoms. The summed E-state index contributed by atoms with van der Waals surface area (Å²) in [7, 11) is 1.73. The van der Waals surface area contributed by atoms with Crippen molar-refractivity contribution in [2.24, 2.45) is 11.8 Å². The molecule has 2 heterocycles. The van der Waals surface area contributed by atoms with Crippen LogP contribution in [0.1, 0.15) is 37.8 Å². The van der Waals surface area contributed by atoms with Gasteiger partial charge in [-0.05, 0) is 55.5 Å².